The summed E-state index contributed by atoms with van der Waals surface area (Å²) in [7, 11) is 0. The molecular formula is C13H16IN5O5. The lowest BCUT2D eigenvalue weighted by atomic mass is 10.2. The van der Waals surface area contributed by atoms with Crippen LogP contribution >= 0.6 is 22.6 Å². The van der Waals surface area contributed by atoms with Gasteiger partial charge in [0.15, 0.2) is 27.2 Å². The maximum absolute atomic E-state index is 11.5. The van der Waals surface area contributed by atoms with Gasteiger partial charge in [-0.3, -0.25) is 4.57 Å². The SMILES string of the molecule is CC1(C)OCC([C@H](OCn2cnc3c(N)nc(I)nc32)C(=O)O)O1. The van der Waals surface area contributed by atoms with Crippen molar-refractivity contribution in [3.05, 3.63) is 10.2 Å². The molecule has 0 amide bonds. The fourth-order valence-electron chi connectivity index (χ4n) is 2.40. The molecule has 1 aliphatic heterocycles. The van der Waals surface area contributed by atoms with Crippen molar-refractivity contribution in [1.29, 1.82) is 0 Å². The Bertz CT molecular complexity index is 779. The predicted octanol–water partition coefficient (Wildman–Crippen LogP) is 0.592. The average molecular weight is 449 g/mol. The molecule has 24 heavy (non-hydrogen) atoms. The highest BCUT2D eigenvalue weighted by Crippen LogP contribution is 2.26. The third kappa shape index (κ3) is 3.43. The molecular weight excluding hydrogens is 433 g/mol. The number of carboxylic acid groups (broad SMARTS) is 1. The Balaban J connectivity index is 1.77. The minimum Gasteiger partial charge on any atom is -0.479 e. The van der Waals surface area contributed by atoms with E-state index in [0.29, 0.717) is 15.0 Å². The van der Waals surface area contributed by atoms with Crippen molar-refractivity contribution in [2.75, 3.05) is 12.3 Å². The molecule has 0 saturated carbocycles. The quantitative estimate of drug-likeness (QED) is 0.497. The monoisotopic (exact) mass is 449 g/mol. The highest BCUT2D eigenvalue weighted by molar-refractivity contribution is 14.1. The Kier molecular flexibility index (Phi) is 4.59. The van der Waals surface area contributed by atoms with E-state index < -0.39 is 24.0 Å². The average Bonchev–Trinajstić information content (AvgIpc) is 3.03. The molecule has 3 N–H and O–H groups in total. The zero-order valence-electron chi connectivity index (χ0n) is 13.0. The van der Waals surface area contributed by atoms with E-state index >= 15 is 0 Å². The highest BCUT2D eigenvalue weighted by Gasteiger charge is 2.41. The van der Waals surface area contributed by atoms with Crippen LogP contribution in [0.5, 0.6) is 0 Å². The van der Waals surface area contributed by atoms with Crippen LogP contribution in [0.3, 0.4) is 0 Å². The smallest absolute Gasteiger partial charge is 0.335 e. The molecule has 0 aromatic carbocycles. The van der Waals surface area contributed by atoms with E-state index in [1.807, 2.05) is 22.6 Å². The van der Waals surface area contributed by atoms with Gasteiger partial charge in [0, 0.05) is 22.6 Å². The summed E-state index contributed by atoms with van der Waals surface area (Å²) in [5.41, 5.74) is 6.71. The van der Waals surface area contributed by atoms with Gasteiger partial charge in [0.2, 0.25) is 0 Å². The second kappa shape index (κ2) is 6.38. The minimum absolute atomic E-state index is 0.0692. The van der Waals surface area contributed by atoms with Crippen LogP contribution in [-0.2, 0) is 25.7 Å². The molecule has 1 aliphatic rings. The first-order valence-electron chi connectivity index (χ1n) is 7.07. The minimum atomic E-state index is -1.18. The first-order valence-corrected chi connectivity index (χ1v) is 8.15. The van der Waals surface area contributed by atoms with E-state index in [1.165, 1.54) is 6.33 Å². The molecule has 2 aromatic heterocycles. The summed E-state index contributed by atoms with van der Waals surface area (Å²) >= 11 is 1.94. The van der Waals surface area contributed by atoms with Crippen LogP contribution in [0.1, 0.15) is 13.8 Å². The molecule has 130 valence electrons. The summed E-state index contributed by atoms with van der Waals surface area (Å²) in [4.78, 5) is 23.9. The predicted molar refractivity (Wildman–Crippen MR) is 89.9 cm³/mol. The molecule has 3 heterocycles. The summed E-state index contributed by atoms with van der Waals surface area (Å²) in [6.07, 6.45) is -0.407. The lowest BCUT2D eigenvalue weighted by Crippen LogP contribution is -2.39. The second-order valence-corrected chi connectivity index (χ2v) is 6.65. The molecule has 0 bridgehead atoms. The van der Waals surface area contributed by atoms with Gasteiger partial charge in [0.05, 0.1) is 12.9 Å². The summed E-state index contributed by atoms with van der Waals surface area (Å²) < 4.78 is 18.5. The number of rotatable bonds is 5. The number of nitrogens with two attached hydrogens (primary N) is 1. The molecule has 11 heteroatoms. The fraction of sp³-hybridized carbons (Fsp3) is 0.538. The van der Waals surface area contributed by atoms with Gasteiger partial charge >= 0.3 is 5.97 Å². The molecule has 2 atom stereocenters. The summed E-state index contributed by atoms with van der Waals surface area (Å²) in [5.74, 6) is -1.71. The molecule has 10 nitrogen and oxygen atoms in total. The van der Waals surface area contributed by atoms with Gasteiger partial charge in [-0.15, -0.1) is 0 Å². The lowest BCUT2D eigenvalue weighted by Gasteiger charge is -2.21. The van der Waals surface area contributed by atoms with Crippen LogP contribution in [0.15, 0.2) is 6.33 Å². The largest absolute Gasteiger partial charge is 0.479 e. The Morgan fingerprint density at radius 3 is 3.00 bits per heavy atom. The molecule has 1 saturated heterocycles. The van der Waals surface area contributed by atoms with Crippen LogP contribution in [0.2, 0.25) is 0 Å². The number of hydrogen-bond acceptors (Lipinski definition) is 8. The van der Waals surface area contributed by atoms with Crippen LogP contribution in [0.4, 0.5) is 5.82 Å². The number of nitrogen functional groups attached to an aromatic ring is 1. The van der Waals surface area contributed by atoms with E-state index in [1.54, 1.807) is 18.4 Å². The molecule has 0 spiro atoms. The molecule has 0 aliphatic carbocycles. The van der Waals surface area contributed by atoms with Crippen LogP contribution < -0.4 is 5.73 Å². The van der Waals surface area contributed by atoms with Gasteiger partial charge in [-0.25, -0.2) is 19.7 Å². The van der Waals surface area contributed by atoms with Crippen molar-refractivity contribution in [3.8, 4) is 0 Å². The molecule has 0 radical (unpaired) electrons. The maximum Gasteiger partial charge on any atom is 0.335 e. The van der Waals surface area contributed by atoms with E-state index in [2.05, 4.69) is 15.0 Å². The third-order valence-corrected chi connectivity index (χ3v) is 3.95. The van der Waals surface area contributed by atoms with E-state index in [0.717, 1.165) is 0 Å². The molecule has 1 fully saturated rings. The number of aromatic nitrogens is 4. The maximum atomic E-state index is 11.5. The zero-order valence-corrected chi connectivity index (χ0v) is 15.1. The van der Waals surface area contributed by atoms with Gasteiger partial charge in [0.25, 0.3) is 0 Å². The van der Waals surface area contributed by atoms with E-state index in [9.17, 15) is 9.90 Å². The van der Waals surface area contributed by atoms with Gasteiger partial charge in [-0.2, -0.15) is 0 Å². The van der Waals surface area contributed by atoms with E-state index in [4.69, 9.17) is 19.9 Å². The number of carboxylic acids is 1. The normalized spacial score (nSPS) is 21.2. The summed E-state index contributed by atoms with van der Waals surface area (Å²) in [6.45, 7) is 3.51. The summed E-state index contributed by atoms with van der Waals surface area (Å²) in [6, 6.07) is 0. The zero-order chi connectivity index (χ0) is 17.5. The Morgan fingerprint density at radius 2 is 2.38 bits per heavy atom. The van der Waals surface area contributed by atoms with Gasteiger partial charge < -0.3 is 25.1 Å². The molecule has 2 aromatic rings. The Morgan fingerprint density at radius 1 is 1.62 bits per heavy atom. The third-order valence-electron chi connectivity index (χ3n) is 3.47. The number of carbonyl (C=O) groups is 1. The van der Waals surface area contributed by atoms with Crippen LogP contribution in [0, 0.1) is 3.83 Å². The fourth-order valence-corrected chi connectivity index (χ4v) is 2.88. The number of nitrogens with zero attached hydrogens (tertiary/aromatic N) is 4. The van der Waals surface area contributed by atoms with Crippen molar-refractivity contribution in [2.24, 2.45) is 0 Å². The standard InChI is InChI=1S/C13H16IN5O5/c1-13(2)23-3-6(24-13)8(11(20)21)22-5-19-4-16-7-9(15)17-12(14)18-10(7)19/h4,6,8H,3,5H2,1-2H3,(H,20,21)(H2,15,17,18)/t6?,8-/m0/s1. The van der Waals surface area contributed by atoms with E-state index in [-0.39, 0.29) is 19.2 Å². The Labute approximate surface area is 150 Å². The van der Waals surface area contributed by atoms with Crippen LogP contribution in [-0.4, -0.2) is 55.2 Å². The Hall–Kier alpha value is -1.57. The van der Waals surface area contributed by atoms with Gasteiger partial charge in [0.1, 0.15) is 18.4 Å². The van der Waals surface area contributed by atoms with Crippen LogP contribution in [0.25, 0.3) is 11.2 Å². The van der Waals surface area contributed by atoms with Gasteiger partial charge in [-0.1, -0.05) is 0 Å². The number of fused-ring (bicyclic) bond motifs is 1. The topological polar surface area (TPSA) is 135 Å². The van der Waals surface area contributed by atoms with Crippen molar-refractivity contribution < 1.29 is 24.1 Å². The molecule has 1 unspecified atom stereocenters. The number of halogens is 1. The lowest BCUT2D eigenvalue weighted by molar-refractivity contribution is -0.178. The van der Waals surface area contributed by atoms with Crippen molar-refractivity contribution in [2.45, 2.75) is 38.6 Å². The number of anilines is 1. The first kappa shape index (κ1) is 17.3. The van der Waals surface area contributed by atoms with Crippen molar-refractivity contribution in [1.82, 2.24) is 19.5 Å². The van der Waals surface area contributed by atoms with Gasteiger partial charge in [-0.05, 0) is 13.8 Å². The summed E-state index contributed by atoms with van der Waals surface area (Å²) in [5, 5.41) is 9.40. The second-order valence-electron chi connectivity index (χ2n) is 5.69. The number of aliphatic carboxylic acids is 1. The molecule has 3 rings (SSSR count). The van der Waals surface area contributed by atoms with Crippen molar-refractivity contribution >= 4 is 45.5 Å². The number of ether oxygens (including phenoxy) is 3. The highest BCUT2D eigenvalue weighted by atomic mass is 127. The number of imidazole rings is 1. The number of hydrogen-bond donors (Lipinski definition) is 2. The first-order chi connectivity index (χ1) is 11.3. The van der Waals surface area contributed by atoms with Crippen molar-refractivity contribution in [3.63, 3.8) is 0 Å².